The summed E-state index contributed by atoms with van der Waals surface area (Å²) in [6.07, 6.45) is 2.22. The van der Waals surface area contributed by atoms with Crippen LogP contribution in [0.4, 0.5) is 0 Å². The van der Waals surface area contributed by atoms with Crippen molar-refractivity contribution in [2.24, 2.45) is 0 Å². The Morgan fingerprint density at radius 3 is 3.00 bits per heavy atom. The van der Waals surface area contributed by atoms with E-state index in [1.165, 1.54) is 6.07 Å². The Labute approximate surface area is 70.1 Å². The first kappa shape index (κ1) is 4.10. The minimum Gasteiger partial charge on any atom is -0.376 e. The van der Waals surface area contributed by atoms with Crippen molar-refractivity contribution in [1.82, 2.24) is 9.97 Å². The summed E-state index contributed by atoms with van der Waals surface area (Å²) in [5, 5.41) is 0. The molecule has 0 saturated carbocycles. The van der Waals surface area contributed by atoms with E-state index in [2.05, 4.69) is 16.2 Å². The molecule has 0 aliphatic rings. The molecule has 0 aliphatic carbocycles. The Kier molecular flexibility index (Phi) is 2.55. The average Bonchev–Trinajstić information content (AvgIpc) is 1.64. The third-order valence-electron chi connectivity index (χ3n) is 0.358. The number of nitrogens with zero attached hydrogens (tertiary/aromatic N) is 2. The van der Waals surface area contributed by atoms with Gasteiger partial charge in [-0.3, -0.25) is 0 Å². The predicted octanol–water partition coefficient (Wildman–Crippen LogP) is 0.274. The van der Waals surface area contributed by atoms with Crippen LogP contribution in [0, 0.1) is 6.20 Å². The van der Waals surface area contributed by atoms with Gasteiger partial charge in [0.2, 0.25) is 0 Å². The molecular formula is C4H3N2Y-. The minimum absolute atomic E-state index is 0. The van der Waals surface area contributed by atoms with E-state index in [1.54, 1.807) is 0 Å². The SMILES string of the molecule is [2H]c1c[c-]nc([2H])n1.[Y]. The molecule has 1 aromatic heterocycles. The van der Waals surface area contributed by atoms with Crippen LogP contribution in [0.25, 0.3) is 0 Å². The molecule has 0 aromatic carbocycles. The molecule has 0 unspecified atom stereocenters. The summed E-state index contributed by atoms with van der Waals surface area (Å²) in [4.78, 5) is 6.72. The van der Waals surface area contributed by atoms with E-state index in [1.807, 2.05) is 0 Å². The standard InChI is InChI=1S/C4H3N2.Y/c1-2-5-4-6-3-1;/h1-2,4H;/q-1;/i2D,4D;. The predicted molar refractivity (Wildman–Crippen MR) is 20.9 cm³/mol. The third kappa shape index (κ3) is 2.83. The molecule has 3 heteroatoms. The van der Waals surface area contributed by atoms with Crippen molar-refractivity contribution in [2.45, 2.75) is 0 Å². The Morgan fingerprint density at radius 1 is 1.71 bits per heavy atom. The minimum atomic E-state index is -0.155. The molecule has 2 nitrogen and oxygen atoms in total. The number of rotatable bonds is 0. The zero-order chi connectivity index (χ0) is 5.98. The van der Waals surface area contributed by atoms with Crippen molar-refractivity contribution in [3.63, 3.8) is 0 Å². The average molecular weight is 170 g/mol. The van der Waals surface area contributed by atoms with Crippen molar-refractivity contribution < 1.29 is 35.5 Å². The van der Waals surface area contributed by atoms with Gasteiger partial charge in [-0.2, -0.15) is 0 Å². The fraction of sp³-hybridized carbons (Fsp3) is 0. The second kappa shape index (κ2) is 4.35. The first-order valence-electron chi connectivity index (χ1n) is 2.47. The van der Waals surface area contributed by atoms with Crippen LogP contribution in [0.2, 0.25) is 0 Å². The van der Waals surface area contributed by atoms with Gasteiger partial charge in [-0.25, -0.2) is 0 Å². The first-order valence-corrected chi connectivity index (χ1v) is 1.47. The molecule has 0 aliphatic heterocycles. The van der Waals surface area contributed by atoms with Crippen LogP contribution in [-0.2, 0) is 32.7 Å². The molecule has 1 aromatic rings. The monoisotopic (exact) mass is 170 g/mol. The molecule has 0 N–H and O–H groups in total. The van der Waals surface area contributed by atoms with Gasteiger partial charge in [0.15, 0.2) is 0 Å². The Bertz CT molecular complexity index is 176. The van der Waals surface area contributed by atoms with Crippen LogP contribution >= 0.6 is 0 Å². The van der Waals surface area contributed by atoms with Gasteiger partial charge >= 0.3 is 0 Å². The van der Waals surface area contributed by atoms with Gasteiger partial charge in [0, 0.05) is 34.1 Å². The molecule has 0 atom stereocenters. The number of aromatic nitrogens is 2. The largest absolute Gasteiger partial charge is 0.376 e. The molecular weight excluding hydrogens is 165 g/mol. The van der Waals surface area contributed by atoms with Gasteiger partial charge in [-0.15, -0.1) is 6.07 Å². The van der Waals surface area contributed by atoms with Crippen LogP contribution in [0.3, 0.4) is 0 Å². The van der Waals surface area contributed by atoms with Crippen LogP contribution in [0.15, 0.2) is 18.5 Å². The Morgan fingerprint density at radius 2 is 2.57 bits per heavy atom. The molecule has 1 rings (SSSR count). The Hall–Kier alpha value is 0.184. The van der Waals surface area contributed by atoms with Crippen molar-refractivity contribution in [3.8, 4) is 0 Å². The molecule has 0 amide bonds. The molecule has 1 heterocycles. The van der Waals surface area contributed by atoms with E-state index in [-0.39, 0.29) is 45.2 Å². The van der Waals surface area contributed by atoms with Crippen molar-refractivity contribution in [2.75, 3.05) is 0 Å². The van der Waals surface area contributed by atoms with Gasteiger partial charge < -0.3 is 9.97 Å². The maximum absolute atomic E-state index is 6.83. The summed E-state index contributed by atoms with van der Waals surface area (Å²) in [6, 6.07) is 1.30. The van der Waals surface area contributed by atoms with Crippen LogP contribution in [0.1, 0.15) is 2.74 Å². The van der Waals surface area contributed by atoms with Crippen molar-refractivity contribution in [3.05, 3.63) is 24.7 Å². The van der Waals surface area contributed by atoms with Crippen molar-refractivity contribution >= 4 is 0 Å². The molecule has 33 valence electrons. The maximum Gasteiger partial charge on any atom is 0.0176 e. The van der Waals surface area contributed by atoms with Crippen LogP contribution < -0.4 is 0 Å². The summed E-state index contributed by atoms with van der Waals surface area (Å²) >= 11 is 0. The van der Waals surface area contributed by atoms with Gasteiger partial charge in [-0.1, -0.05) is 12.4 Å². The molecule has 0 bridgehead atoms. The van der Waals surface area contributed by atoms with Gasteiger partial charge in [0.25, 0.3) is 0 Å². The summed E-state index contributed by atoms with van der Waals surface area (Å²) in [7, 11) is 0. The van der Waals surface area contributed by atoms with E-state index >= 15 is 0 Å². The second-order valence-electron chi connectivity index (χ2n) is 0.726. The molecule has 7 heavy (non-hydrogen) atoms. The normalized spacial score (nSPS) is 10.9. The summed E-state index contributed by atoms with van der Waals surface area (Å²) in [5.74, 6) is 0. The fourth-order valence-corrected chi connectivity index (χ4v) is 0.176. The molecule has 0 fully saturated rings. The summed E-state index contributed by atoms with van der Waals surface area (Å²) < 4.78 is 13.6. The Balaban J connectivity index is 0.000000640. The molecule has 0 saturated heterocycles. The summed E-state index contributed by atoms with van der Waals surface area (Å²) in [6.45, 7) is 0. The van der Waals surface area contributed by atoms with Gasteiger partial charge in [0.1, 0.15) is 0 Å². The van der Waals surface area contributed by atoms with E-state index in [9.17, 15) is 0 Å². The third-order valence-corrected chi connectivity index (χ3v) is 0.358. The smallest absolute Gasteiger partial charge is 0.0176 e. The quantitative estimate of drug-likeness (QED) is 0.522. The van der Waals surface area contributed by atoms with E-state index in [0.29, 0.717) is 0 Å². The molecule has 0 spiro atoms. The van der Waals surface area contributed by atoms with Gasteiger partial charge in [0.05, 0.1) is 0 Å². The first-order chi connectivity index (χ1) is 3.79. The van der Waals surface area contributed by atoms with Crippen LogP contribution in [0.5, 0.6) is 0 Å². The van der Waals surface area contributed by atoms with E-state index in [4.69, 9.17) is 2.74 Å². The summed E-state index contributed by atoms with van der Waals surface area (Å²) in [5.41, 5.74) is 0. The van der Waals surface area contributed by atoms with Crippen LogP contribution in [-0.4, -0.2) is 9.97 Å². The zero-order valence-corrected chi connectivity index (χ0v) is 6.39. The zero-order valence-electron chi connectivity index (χ0n) is 5.55. The van der Waals surface area contributed by atoms with Crippen molar-refractivity contribution in [1.29, 1.82) is 0 Å². The van der Waals surface area contributed by atoms with E-state index < -0.39 is 0 Å². The van der Waals surface area contributed by atoms with E-state index in [0.717, 1.165) is 0 Å². The topological polar surface area (TPSA) is 25.8 Å². The molecule has 1 radical (unpaired) electrons. The number of hydrogen-bond acceptors (Lipinski definition) is 2. The fourth-order valence-electron chi connectivity index (χ4n) is 0.176. The van der Waals surface area contributed by atoms with Gasteiger partial charge in [-0.05, 0) is 7.67 Å². The number of hydrogen-bond donors (Lipinski definition) is 0. The second-order valence-corrected chi connectivity index (χ2v) is 0.726. The maximum atomic E-state index is 6.83.